The van der Waals surface area contributed by atoms with E-state index in [0.29, 0.717) is 13.0 Å². The molecule has 1 aliphatic heterocycles. The van der Waals surface area contributed by atoms with Crippen molar-refractivity contribution in [2.75, 3.05) is 37.7 Å². The van der Waals surface area contributed by atoms with Crippen LogP contribution in [0, 0.1) is 0 Å². The van der Waals surface area contributed by atoms with E-state index < -0.39 is 0 Å². The smallest absolute Gasteiger partial charge is 0.220 e. The lowest BCUT2D eigenvalue weighted by Gasteiger charge is -2.28. The molecule has 1 saturated heterocycles. The van der Waals surface area contributed by atoms with Crippen LogP contribution < -0.4 is 10.2 Å². The van der Waals surface area contributed by atoms with Gasteiger partial charge in [0.05, 0.1) is 13.2 Å². The topological polar surface area (TPSA) is 41.6 Å². The van der Waals surface area contributed by atoms with Gasteiger partial charge in [-0.25, -0.2) is 0 Å². The van der Waals surface area contributed by atoms with E-state index in [-0.39, 0.29) is 5.91 Å². The summed E-state index contributed by atoms with van der Waals surface area (Å²) in [5.74, 6) is 0.133. The first-order chi connectivity index (χ1) is 11.8. The molecule has 1 aromatic heterocycles. The van der Waals surface area contributed by atoms with Gasteiger partial charge in [-0.05, 0) is 42.0 Å². The molecular formula is C19H24N2O2S. The van der Waals surface area contributed by atoms with Gasteiger partial charge >= 0.3 is 0 Å². The molecule has 2 aromatic rings. The minimum absolute atomic E-state index is 0.133. The van der Waals surface area contributed by atoms with Crippen molar-refractivity contribution >= 4 is 22.9 Å². The molecule has 1 fully saturated rings. The molecule has 0 radical (unpaired) electrons. The number of thiophene rings is 1. The molecule has 1 N–H and O–H groups in total. The number of hydrogen-bond acceptors (Lipinski definition) is 4. The Hall–Kier alpha value is -1.85. The van der Waals surface area contributed by atoms with Crippen LogP contribution in [0.25, 0.3) is 0 Å². The Labute approximate surface area is 147 Å². The number of benzene rings is 1. The number of nitrogens with one attached hydrogen (secondary N) is 1. The van der Waals surface area contributed by atoms with Gasteiger partial charge in [-0.2, -0.15) is 0 Å². The molecule has 0 saturated carbocycles. The van der Waals surface area contributed by atoms with E-state index in [1.807, 2.05) is 11.4 Å². The van der Waals surface area contributed by atoms with Crippen LogP contribution in [-0.4, -0.2) is 38.8 Å². The second-order valence-electron chi connectivity index (χ2n) is 5.95. The number of anilines is 1. The second-order valence-corrected chi connectivity index (χ2v) is 6.98. The van der Waals surface area contributed by atoms with Gasteiger partial charge < -0.3 is 15.0 Å². The molecule has 1 amide bonds. The Kier molecular flexibility index (Phi) is 6.26. The monoisotopic (exact) mass is 344 g/mol. The van der Waals surface area contributed by atoms with Crippen molar-refractivity contribution in [3.8, 4) is 0 Å². The third kappa shape index (κ3) is 5.08. The quantitative estimate of drug-likeness (QED) is 0.840. The van der Waals surface area contributed by atoms with Gasteiger partial charge in [0.15, 0.2) is 0 Å². The van der Waals surface area contributed by atoms with Crippen molar-refractivity contribution in [2.45, 2.75) is 19.3 Å². The van der Waals surface area contributed by atoms with Crippen molar-refractivity contribution in [2.24, 2.45) is 0 Å². The Bertz CT molecular complexity index is 619. The number of nitrogens with zero attached hydrogens (tertiary/aromatic N) is 1. The average molecular weight is 344 g/mol. The molecule has 0 spiro atoms. The van der Waals surface area contributed by atoms with E-state index in [1.165, 1.54) is 16.1 Å². The molecule has 3 rings (SSSR count). The van der Waals surface area contributed by atoms with Gasteiger partial charge in [-0.3, -0.25) is 4.79 Å². The van der Waals surface area contributed by atoms with Crippen LogP contribution in [0.5, 0.6) is 0 Å². The van der Waals surface area contributed by atoms with E-state index in [2.05, 4.69) is 40.5 Å². The lowest BCUT2D eigenvalue weighted by molar-refractivity contribution is -0.121. The summed E-state index contributed by atoms with van der Waals surface area (Å²) in [7, 11) is 0. The summed E-state index contributed by atoms with van der Waals surface area (Å²) in [5, 5.41) is 5.06. The fourth-order valence-corrected chi connectivity index (χ4v) is 3.53. The number of amides is 1. The van der Waals surface area contributed by atoms with E-state index in [4.69, 9.17) is 4.74 Å². The van der Waals surface area contributed by atoms with Gasteiger partial charge in [0, 0.05) is 36.6 Å². The van der Waals surface area contributed by atoms with Crippen LogP contribution in [0.4, 0.5) is 5.69 Å². The van der Waals surface area contributed by atoms with Gasteiger partial charge in [0.2, 0.25) is 5.91 Å². The molecule has 0 unspecified atom stereocenters. The van der Waals surface area contributed by atoms with Gasteiger partial charge in [0.25, 0.3) is 0 Å². The predicted molar refractivity (Wildman–Crippen MR) is 98.8 cm³/mol. The molecule has 5 heteroatoms. The first kappa shape index (κ1) is 17.0. The number of aryl methyl sites for hydroxylation is 1. The molecule has 128 valence electrons. The molecular weight excluding hydrogens is 320 g/mol. The zero-order valence-electron chi connectivity index (χ0n) is 13.9. The van der Waals surface area contributed by atoms with Gasteiger partial charge in [-0.1, -0.05) is 18.2 Å². The summed E-state index contributed by atoms with van der Waals surface area (Å²) in [4.78, 5) is 15.5. The third-order valence-corrected chi connectivity index (χ3v) is 5.16. The van der Waals surface area contributed by atoms with Crippen LogP contribution in [-0.2, 0) is 22.4 Å². The number of rotatable bonds is 7. The number of morpholine rings is 1. The van der Waals surface area contributed by atoms with Crippen LogP contribution in [0.15, 0.2) is 41.8 Å². The minimum atomic E-state index is 0.133. The van der Waals surface area contributed by atoms with E-state index in [0.717, 1.165) is 39.1 Å². The van der Waals surface area contributed by atoms with E-state index >= 15 is 0 Å². The highest BCUT2D eigenvalue weighted by molar-refractivity contribution is 7.09. The molecule has 1 aliphatic rings. The highest BCUT2D eigenvalue weighted by atomic mass is 32.1. The molecule has 0 bridgehead atoms. The van der Waals surface area contributed by atoms with E-state index in [1.54, 1.807) is 11.3 Å². The zero-order valence-corrected chi connectivity index (χ0v) is 14.7. The maximum Gasteiger partial charge on any atom is 0.220 e. The van der Waals surface area contributed by atoms with Crippen LogP contribution >= 0.6 is 11.3 Å². The normalized spacial score (nSPS) is 14.6. The highest BCUT2D eigenvalue weighted by Gasteiger charge is 2.10. The number of ether oxygens (including phenoxy) is 1. The van der Waals surface area contributed by atoms with Crippen LogP contribution in [0.3, 0.4) is 0 Å². The molecule has 4 nitrogen and oxygen atoms in total. The van der Waals surface area contributed by atoms with Crippen molar-refractivity contribution in [3.63, 3.8) is 0 Å². The van der Waals surface area contributed by atoms with Gasteiger partial charge in [0.1, 0.15) is 0 Å². The molecule has 0 atom stereocenters. The number of carbonyl (C=O) groups is 1. The lowest BCUT2D eigenvalue weighted by atomic mass is 10.1. The number of hydrogen-bond donors (Lipinski definition) is 1. The lowest BCUT2D eigenvalue weighted by Crippen LogP contribution is -2.36. The average Bonchev–Trinajstić information content (AvgIpc) is 3.15. The zero-order chi connectivity index (χ0) is 16.6. The summed E-state index contributed by atoms with van der Waals surface area (Å²) < 4.78 is 5.38. The van der Waals surface area contributed by atoms with Crippen LogP contribution in [0.1, 0.15) is 16.9 Å². The fourth-order valence-electron chi connectivity index (χ4n) is 2.82. The molecule has 24 heavy (non-hydrogen) atoms. The third-order valence-electron chi connectivity index (χ3n) is 4.23. The van der Waals surface area contributed by atoms with Gasteiger partial charge in [-0.15, -0.1) is 11.3 Å². The summed E-state index contributed by atoms with van der Waals surface area (Å²) in [6.07, 6.45) is 2.27. The maximum absolute atomic E-state index is 11.9. The van der Waals surface area contributed by atoms with Crippen molar-refractivity contribution in [1.29, 1.82) is 0 Å². The number of carbonyl (C=O) groups excluding carboxylic acids is 1. The van der Waals surface area contributed by atoms with E-state index in [9.17, 15) is 4.79 Å². The molecule has 1 aromatic carbocycles. The fraction of sp³-hybridized carbons (Fsp3) is 0.421. The standard InChI is InChI=1S/C19H24N2O2S/c22-19(8-7-18-2-1-15-24-18)20-10-9-16-3-5-17(6-4-16)21-11-13-23-14-12-21/h1-6,15H,7-14H2,(H,20,22). The minimum Gasteiger partial charge on any atom is -0.378 e. The van der Waals surface area contributed by atoms with Crippen molar-refractivity contribution in [1.82, 2.24) is 5.32 Å². The highest BCUT2D eigenvalue weighted by Crippen LogP contribution is 2.16. The summed E-state index contributed by atoms with van der Waals surface area (Å²) in [6, 6.07) is 12.7. The second kappa shape index (κ2) is 8.85. The predicted octanol–water partition coefficient (Wildman–Crippen LogP) is 2.88. The largest absolute Gasteiger partial charge is 0.378 e. The SMILES string of the molecule is O=C(CCc1cccs1)NCCc1ccc(N2CCOCC2)cc1. The van der Waals surface area contributed by atoms with Crippen molar-refractivity contribution < 1.29 is 9.53 Å². The summed E-state index contributed by atoms with van der Waals surface area (Å²) >= 11 is 1.71. The summed E-state index contributed by atoms with van der Waals surface area (Å²) in [5.41, 5.74) is 2.51. The first-order valence-electron chi connectivity index (χ1n) is 8.52. The Morgan fingerprint density at radius 1 is 1.12 bits per heavy atom. The molecule has 2 heterocycles. The Morgan fingerprint density at radius 3 is 2.62 bits per heavy atom. The van der Waals surface area contributed by atoms with Crippen LogP contribution in [0.2, 0.25) is 0 Å². The van der Waals surface area contributed by atoms with Crippen molar-refractivity contribution in [3.05, 3.63) is 52.2 Å². The molecule has 0 aliphatic carbocycles. The summed E-state index contributed by atoms with van der Waals surface area (Å²) in [6.45, 7) is 4.22. The Balaban J connectivity index is 1.37. The Morgan fingerprint density at radius 2 is 1.92 bits per heavy atom. The first-order valence-corrected chi connectivity index (χ1v) is 9.40. The maximum atomic E-state index is 11.9.